The van der Waals surface area contributed by atoms with Gasteiger partial charge in [0.2, 0.25) is 10.0 Å². The van der Waals surface area contributed by atoms with Gasteiger partial charge in [-0.15, -0.1) is 12.4 Å². The van der Waals surface area contributed by atoms with Gasteiger partial charge in [0.1, 0.15) is 0 Å². The summed E-state index contributed by atoms with van der Waals surface area (Å²) >= 11 is 0. The zero-order chi connectivity index (χ0) is 19.3. The number of benzene rings is 1. The molecule has 27 heavy (non-hydrogen) atoms. The van der Waals surface area contributed by atoms with Crippen LogP contribution in [0.1, 0.15) is 24.8 Å². The Morgan fingerprint density at radius 2 is 1.93 bits per heavy atom. The van der Waals surface area contributed by atoms with E-state index in [0.717, 1.165) is 37.9 Å². The van der Waals surface area contributed by atoms with E-state index in [9.17, 15) is 13.2 Å². The van der Waals surface area contributed by atoms with Crippen molar-refractivity contribution in [3.05, 3.63) is 29.8 Å². The lowest BCUT2D eigenvalue weighted by atomic mass is 10.1. The number of halogens is 1. The molecule has 0 spiro atoms. The first-order chi connectivity index (χ1) is 12.2. The van der Waals surface area contributed by atoms with E-state index in [1.807, 2.05) is 18.0 Å². The van der Waals surface area contributed by atoms with Crippen molar-refractivity contribution in [2.45, 2.75) is 36.7 Å². The van der Waals surface area contributed by atoms with Crippen LogP contribution in [0.2, 0.25) is 0 Å². The fourth-order valence-corrected chi connectivity index (χ4v) is 4.33. The number of sulfonamides is 1. The van der Waals surface area contributed by atoms with Crippen LogP contribution in [0.25, 0.3) is 0 Å². The van der Waals surface area contributed by atoms with Crippen molar-refractivity contribution in [2.75, 3.05) is 40.8 Å². The molecule has 154 valence electrons. The van der Waals surface area contributed by atoms with Gasteiger partial charge in [-0.05, 0) is 57.1 Å². The molecule has 1 aromatic carbocycles. The van der Waals surface area contributed by atoms with E-state index >= 15 is 0 Å². The van der Waals surface area contributed by atoms with Crippen LogP contribution in [-0.2, 0) is 21.4 Å². The van der Waals surface area contributed by atoms with E-state index in [1.165, 1.54) is 18.4 Å². The van der Waals surface area contributed by atoms with Gasteiger partial charge in [-0.1, -0.05) is 12.1 Å². The summed E-state index contributed by atoms with van der Waals surface area (Å²) in [6, 6.07) is 7.38. The SMILES string of the molecule is CN(CC(=O)O)C1CCCN(Cc2cccc(S(=O)(=O)N(C)C)c2)CC1.Cl. The van der Waals surface area contributed by atoms with Gasteiger partial charge in [0.05, 0.1) is 11.4 Å². The number of likely N-dealkylation sites (N-methyl/N-ethyl adjacent to an activating group) is 1. The minimum atomic E-state index is -3.43. The molecule has 1 atom stereocenters. The second kappa shape index (κ2) is 10.4. The lowest BCUT2D eigenvalue weighted by Gasteiger charge is -2.25. The largest absolute Gasteiger partial charge is 0.480 e. The van der Waals surface area contributed by atoms with Crippen LogP contribution in [-0.4, -0.2) is 80.4 Å². The molecule has 1 aliphatic heterocycles. The van der Waals surface area contributed by atoms with Gasteiger partial charge in [0.15, 0.2) is 0 Å². The summed E-state index contributed by atoms with van der Waals surface area (Å²) < 4.78 is 25.8. The Labute approximate surface area is 168 Å². The summed E-state index contributed by atoms with van der Waals surface area (Å²) in [5.74, 6) is -0.799. The van der Waals surface area contributed by atoms with Crippen molar-refractivity contribution >= 4 is 28.4 Å². The van der Waals surface area contributed by atoms with Gasteiger partial charge in [0.25, 0.3) is 0 Å². The maximum atomic E-state index is 12.3. The number of rotatable bonds is 7. The Balaban J connectivity index is 0.00000364. The predicted octanol–water partition coefficient (Wildman–Crippen LogP) is 1.73. The molecule has 7 nitrogen and oxygen atoms in total. The first-order valence-corrected chi connectivity index (χ1v) is 10.3. The van der Waals surface area contributed by atoms with Gasteiger partial charge >= 0.3 is 5.97 Å². The standard InChI is InChI=1S/C18H29N3O4S.ClH/c1-19(2)26(24,25)17-8-4-6-15(12-17)13-21-10-5-7-16(9-11-21)20(3)14-18(22)23;/h4,6,8,12,16H,5,7,9-11,13-14H2,1-3H3,(H,22,23);1H. The highest BCUT2D eigenvalue weighted by atomic mass is 35.5. The smallest absolute Gasteiger partial charge is 0.317 e. The van der Waals surface area contributed by atoms with E-state index in [2.05, 4.69) is 4.90 Å². The van der Waals surface area contributed by atoms with Gasteiger partial charge < -0.3 is 5.11 Å². The molecule has 9 heteroatoms. The van der Waals surface area contributed by atoms with E-state index in [0.29, 0.717) is 11.4 Å². The van der Waals surface area contributed by atoms with Crippen molar-refractivity contribution in [1.82, 2.24) is 14.1 Å². The third-order valence-corrected chi connectivity index (χ3v) is 6.69. The molecule has 1 fully saturated rings. The molecule has 0 bridgehead atoms. The molecule has 1 N–H and O–H groups in total. The fraction of sp³-hybridized carbons (Fsp3) is 0.611. The van der Waals surface area contributed by atoms with Crippen LogP contribution >= 0.6 is 12.4 Å². The minimum absolute atomic E-state index is 0. The molecule has 0 aromatic heterocycles. The Hall–Kier alpha value is -1.19. The van der Waals surface area contributed by atoms with Crippen molar-refractivity contribution in [3.8, 4) is 0 Å². The van der Waals surface area contributed by atoms with E-state index in [4.69, 9.17) is 5.11 Å². The van der Waals surface area contributed by atoms with Gasteiger partial charge in [-0.3, -0.25) is 14.6 Å². The second-order valence-electron chi connectivity index (χ2n) is 7.10. The van der Waals surface area contributed by atoms with Crippen LogP contribution in [0.3, 0.4) is 0 Å². The number of carbonyl (C=O) groups is 1. The monoisotopic (exact) mass is 419 g/mol. The van der Waals surface area contributed by atoms with Gasteiger partial charge in [0, 0.05) is 26.7 Å². The van der Waals surface area contributed by atoms with Crippen LogP contribution in [0.4, 0.5) is 0 Å². The molecule has 1 unspecified atom stereocenters. The molecule has 0 aliphatic carbocycles. The zero-order valence-electron chi connectivity index (χ0n) is 16.2. The summed E-state index contributed by atoms with van der Waals surface area (Å²) in [5, 5.41) is 8.96. The molecule has 1 aliphatic rings. The lowest BCUT2D eigenvalue weighted by Crippen LogP contribution is -2.36. The molecular formula is C18H30ClN3O4S. The highest BCUT2D eigenvalue weighted by molar-refractivity contribution is 7.89. The fourth-order valence-electron chi connectivity index (χ4n) is 3.35. The van der Waals surface area contributed by atoms with E-state index < -0.39 is 16.0 Å². The Kier molecular flexibility index (Phi) is 9.17. The number of carboxylic acids is 1. The van der Waals surface area contributed by atoms with Crippen LogP contribution in [0.5, 0.6) is 0 Å². The van der Waals surface area contributed by atoms with E-state index in [-0.39, 0.29) is 25.0 Å². The maximum absolute atomic E-state index is 12.3. The van der Waals surface area contributed by atoms with Crippen LogP contribution in [0.15, 0.2) is 29.2 Å². The highest BCUT2D eigenvalue weighted by Crippen LogP contribution is 2.20. The van der Waals surface area contributed by atoms with Crippen LogP contribution in [0, 0.1) is 0 Å². The van der Waals surface area contributed by atoms with E-state index in [1.54, 1.807) is 18.2 Å². The number of nitrogens with zero attached hydrogens (tertiary/aromatic N) is 3. The quantitative estimate of drug-likeness (QED) is 0.724. The first kappa shape index (κ1) is 23.8. The zero-order valence-corrected chi connectivity index (χ0v) is 17.8. The highest BCUT2D eigenvalue weighted by Gasteiger charge is 2.22. The number of hydrogen-bond donors (Lipinski definition) is 1. The molecule has 0 amide bonds. The van der Waals surface area contributed by atoms with Crippen molar-refractivity contribution < 1.29 is 18.3 Å². The summed E-state index contributed by atoms with van der Waals surface area (Å²) in [6.07, 6.45) is 2.90. The lowest BCUT2D eigenvalue weighted by molar-refractivity contribution is -0.138. The number of hydrogen-bond acceptors (Lipinski definition) is 5. The molecule has 1 saturated heterocycles. The van der Waals surface area contributed by atoms with Crippen LogP contribution < -0.4 is 0 Å². The summed E-state index contributed by atoms with van der Waals surface area (Å²) in [6.45, 7) is 2.57. The predicted molar refractivity (Wildman–Crippen MR) is 108 cm³/mol. The average Bonchev–Trinajstić information content (AvgIpc) is 2.80. The average molecular weight is 420 g/mol. The first-order valence-electron chi connectivity index (χ1n) is 8.86. The minimum Gasteiger partial charge on any atom is -0.480 e. The summed E-state index contributed by atoms with van der Waals surface area (Å²) in [7, 11) is 1.50. The van der Waals surface area contributed by atoms with Crippen molar-refractivity contribution in [1.29, 1.82) is 0 Å². The third kappa shape index (κ3) is 6.73. The molecular weight excluding hydrogens is 390 g/mol. The van der Waals surface area contributed by atoms with Crippen molar-refractivity contribution in [3.63, 3.8) is 0 Å². The number of likely N-dealkylation sites (tertiary alicyclic amines) is 1. The Morgan fingerprint density at radius 1 is 1.22 bits per heavy atom. The molecule has 1 heterocycles. The second-order valence-corrected chi connectivity index (χ2v) is 9.26. The Morgan fingerprint density at radius 3 is 2.56 bits per heavy atom. The summed E-state index contributed by atoms with van der Waals surface area (Å²) in [5.41, 5.74) is 0.977. The Bertz CT molecular complexity index is 727. The maximum Gasteiger partial charge on any atom is 0.317 e. The summed E-state index contributed by atoms with van der Waals surface area (Å²) in [4.78, 5) is 15.4. The van der Waals surface area contributed by atoms with Gasteiger partial charge in [-0.2, -0.15) is 0 Å². The number of aliphatic carboxylic acids is 1. The molecule has 1 aromatic rings. The topological polar surface area (TPSA) is 81.2 Å². The molecule has 0 radical (unpaired) electrons. The number of carboxylic acid groups (broad SMARTS) is 1. The normalized spacial score (nSPS) is 18.9. The van der Waals surface area contributed by atoms with Crippen molar-refractivity contribution in [2.24, 2.45) is 0 Å². The molecule has 0 saturated carbocycles. The molecule has 2 rings (SSSR count). The third-order valence-electron chi connectivity index (χ3n) is 4.88. The van der Waals surface area contributed by atoms with Gasteiger partial charge in [-0.25, -0.2) is 12.7 Å².